The molecule has 0 aliphatic carbocycles. The Morgan fingerprint density at radius 1 is 0.861 bits per heavy atom. The third-order valence-corrected chi connectivity index (χ3v) is 5.66. The Kier molecular flexibility index (Phi) is 6.73. The van der Waals surface area contributed by atoms with E-state index in [-0.39, 0.29) is 29.0 Å². The summed E-state index contributed by atoms with van der Waals surface area (Å²) in [5.74, 6) is -3.30. The molecule has 0 bridgehead atoms. The second-order valence-electron chi connectivity index (χ2n) is 7.72. The number of rotatable bonds is 7. The Balaban J connectivity index is 1.96. The number of hydrogen-bond acceptors (Lipinski definition) is 8. The fourth-order valence-electron chi connectivity index (χ4n) is 3.96. The first kappa shape index (κ1) is 24.5. The summed E-state index contributed by atoms with van der Waals surface area (Å²) in [5, 5.41) is 0. The molecule has 1 aliphatic heterocycles. The normalized spacial score (nSPS) is 16.7. The minimum absolute atomic E-state index is 0.00667. The van der Waals surface area contributed by atoms with Crippen LogP contribution in [0.4, 0.5) is 5.69 Å². The number of carbonyl (C=O) groups is 4. The summed E-state index contributed by atoms with van der Waals surface area (Å²) in [6.45, 7) is 1.46. The van der Waals surface area contributed by atoms with Gasteiger partial charge in [0, 0.05) is 29.3 Å². The molecule has 1 aliphatic rings. The van der Waals surface area contributed by atoms with E-state index in [4.69, 9.17) is 18.9 Å². The Morgan fingerprint density at radius 2 is 1.47 bits per heavy atom. The highest BCUT2D eigenvalue weighted by molar-refractivity contribution is 6.32. The summed E-state index contributed by atoms with van der Waals surface area (Å²) in [5.41, 5.74) is -2.51. The molecule has 1 atom stereocenters. The van der Waals surface area contributed by atoms with Gasteiger partial charge in [0.05, 0.1) is 32.1 Å². The van der Waals surface area contributed by atoms with Crippen LogP contribution >= 0.6 is 0 Å². The summed E-state index contributed by atoms with van der Waals surface area (Å²) >= 11 is 0. The molecule has 0 radical (unpaired) electrons. The maximum Gasteiger partial charge on any atom is 0.365 e. The predicted molar refractivity (Wildman–Crippen MR) is 128 cm³/mol. The highest BCUT2D eigenvalue weighted by Crippen LogP contribution is 2.41. The first-order valence-electron chi connectivity index (χ1n) is 11.0. The van der Waals surface area contributed by atoms with E-state index >= 15 is 0 Å². The van der Waals surface area contributed by atoms with Crippen molar-refractivity contribution in [3.05, 3.63) is 89.5 Å². The van der Waals surface area contributed by atoms with Crippen molar-refractivity contribution in [1.82, 2.24) is 0 Å². The quantitative estimate of drug-likeness (QED) is 0.282. The number of esters is 2. The van der Waals surface area contributed by atoms with Gasteiger partial charge in [0.15, 0.2) is 0 Å². The second-order valence-corrected chi connectivity index (χ2v) is 7.72. The number of carbonyl (C=O) groups excluding carboxylic acids is 4. The molecule has 9 heteroatoms. The Labute approximate surface area is 207 Å². The molecule has 4 rings (SSSR count). The zero-order valence-corrected chi connectivity index (χ0v) is 19.8. The molecule has 0 saturated heterocycles. The van der Waals surface area contributed by atoms with Crippen LogP contribution in [0.5, 0.6) is 11.5 Å². The van der Waals surface area contributed by atoms with E-state index in [1.165, 1.54) is 56.7 Å². The molecule has 0 aromatic heterocycles. The summed E-state index contributed by atoms with van der Waals surface area (Å²) in [4.78, 5) is 55.2. The molecular formula is C27H23NO8. The molecule has 3 aromatic carbocycles. The average Bonchev–Trinajstić information content (AvgIpc) is 2.91. The van der Waals surface area contributed by atoms with E-state index < -0.39 is 29.4 Å². The van der Waals surface area contributed by atoms with Gasteiger partial charge in [-0.1, -0.05) is 36.4 Å². The standard InChI is InChI=1S/C27H23NO8/c1-4-35-26(32)27(36-24(30)17-10-6-5-7-11-17)22-13-9-8-12-21(22)23(29)28(25(27)31)18-14-19(33-2)16-20(15-18)34-3/h5-16H,4H2,1-3H3. The van der Waals surface area contributed by atoms with Crippen LogP contribution in [-0.2, 0) is 24.7 Å². The lowest BCUT2D eigenvalue weighted by Crippen LogP contribution is -2.61. The van der Waals surface area contributed by atoms with Gasteiger partial charge in [-0.2, -0.15) is 0 Å². The number of ether oxygens (including phenoxy) is 4. The van der Waals surface area contributed by atoms with Gasteiger partial charge in [-0.25, -0.2) is 14.5 Å². The predicted octanol–water partition coefficient (Wildman–Crippen LogP) is 3.51. The number of hydrogen-bond donors (Lipinski definition) is 0. The Hall–Kier alpha value is -4.66. The Morgan fingerprint density at radius 3 is 2.08 bits per heavy atom. The van der Waals surface area contributed by atoms with Crippen LogP contribution in [0.25, 0.3) is 0 Å². The average molecular weight is 489 g/mol. The van der Waals surface area contributed by atoms with Crippen molar-refractivity contribution in [3.8, 4) is 11.5 Å². The van der Waals surface area contributed by atoms with Gasteiger partial charge in [-0.05, 0) is 25.1 Å². The molecule has 3 aromatic rings. The van der Waals surface area contributed by atoms with Crippen LogP contribution in [0.2, 0.25) is 0 Å². The number of fused-ring (bicyclic) bond motifs is 1. The molecule has 0 fully saturated rings. The van der Waals surface area contributed by atoms with Gasteiger partial charge < -0.3 is 18.9 Å². The number of methoxy groups -OCH3 is 2. The molecule has 9 nitrogen and oxygen atoms in total. The third kappa shape index (κ3) is 4.04. The van der Waals surface area contributed by atoms with Crippen LogP contribution in [0.15, 0.2) is 72.8 Å². The summed E-state index contributed by atoms with van der Waals surface area (Å²) in [7, 11) is 2.83. The second kappa shape index (κ2) is 9.91. The van der Waals surface area contributed by atoms with Gasteiger partial charge in [0.2, 0.25) is 0 Å². The van der Waals surface area contributed by atoms with E-state index in [0.717, 1.165) is 4.90 Å². The number of amides is 2. The molecule has 0 spiro atoms. The maximum atomic E-state index is 14.1. The van der Waals surface area contributed by atoms with Crippen molar-refractivity contribution < 1.29 is 38.1 Å². The lowest BCUT2D eigenvalue weighted by atomic mass is 9.83. The van der Waals surface area contributed by atoms with Crippen molar-refractivity contribution in [2.75, 3.05) is 25.7 Å². The highest BCUT2D eigenvalue weighted by Gasteiger charge is 2.61. The Bertz CT molecular complexity index is 1310. The van der Waals surface area contributed by atoms with E-state index in [9.17, 15) is 19.2 Å². The fourth-order valence-corrected chi connectivity index (χ4v) is 3.96. The fraction of sp³-hybridized carbons (Fsp3) is 0.185. The summed E-state index contributed by atoms with van der Waals surface area (Å²) < 4.78 is 21.5. The number of anilines is 1. The smallest absolute Gasteiger partial charge is 0.365 e. The molecule has 184 valence electrons. The molecule has 0 N–H and O–H groups in total. The molecule has 36 heavy (non-hydrogen) atoms. The van der Waals surface area contributed by atoms with Crippen LogP contribution in [-0.4, -0.2) is 44.6 Å². The van der Waals surface area contributed by atoms with Gasteiger partial charge >= 0.3 is 17.5 Å². The summed E-state index contributed by atoms with van der Waals surface area (Å²) in [6.07, 6.45) is 0. The number of imide groups is 1. The monoisotopic (exact) mass is 489 g/mol. The van der Waals surface area contributed by atoms with Gasteiger partial charge in [-0.3, -0.25) is 9.59 Å². The van der Waals surface area contributed by atoms with Gasteiger partial charge in [0.1, 0.15) is 11.5 Å². The summed E-state index contributed by atoms with van der Waals surface area (Å²) in [6, 6.07) is 18.3. The van der Waals surface area contributed by atoms with Crippen LogP contribution in [0.1, 0.15) is 33.2 Å². The van der Waals surface area contributed by atoms with E-state index in [1.807, 2.05) is 0 Å². The van der Waals surface area contributed by atoms with Crippen LogP contribution in [0, 0.1) is 0 Å². The minimum atomic E-state index is -2.58. The highest BCUT2D eigenvalue weighted by atomic mass is 16.6. The zero-order chi connectivity index (χ0) is 25.9. The van der Waals surface area contributed by atoms with Crippen molar-refractivity contribution in [1.29, 1.82) is 0 Å². The molecule has 0 saturated carbocycles. The third-order valence-electron chi connectivity index (χ3n) is 5.66. The first-order valence-corrected chi connectivity index (χ1v) is 11.0. The van der Waals surface area contributed by atoms with Crippen molar-refractivity contribution in [3.63, 3.8) is 0 Å². The van der Waals surface area contributed by atoms with E-state index in [0.29, 0.717) is 11.5 Å². The first-order chi connectivity index (χ1) is 17.4. The molecule has 2 amide bonds. The topological polar surface area (TPSA) is 108 Å². The zero-order valence-electron chi connectivity index (χ0n) is 19.8. The molecule has 1 heterocycles. The molecule has 1 unspecified atom stereocenters. The number of benzene rings is 3. The number of nitrogens with zero attached hydrogens (tertiary/aromatic N) is 1. The minimum Gasteiger partial charge on any atom is -0.497 e. The van der Waals surface area contributed by atoms with E-state index in [1.54, 1.807) is 37.3 Å². The lowest BCUT2D eigenvalue weighted by Gasteiger charge is -2.39. The van der Waals surface area contributed by atoms with Crippen molar-refractivity contribution in [2.45, 2.75) is 12.5 Å². The SMILES string of the molecule is CCOC(=O)C1(OC(=O)c2ccccc2)C(=O)N(c2cc(OC)cc(OC)c2)C(=O)c2ccccc21. The largest absolute Gasteiger partial charge is 0.497 e. The maximum absolute atomic E-state index is 14.1. The van der Waals surface area contributed by atoms with Gasteiger partial charge in [0.25, 0.3) is 11.8 Å². The van der Waals surface area contributed by atoms with Crippen LogP contribution in [0.3, 0.4) is 0 Å². The van der Waals surface area contributed by atoms with E-state index in [2.05, 4.69) is 0 Å². The van der Waals surface area contributed by atoms with Gasteiger partial charge in [-0.15, -0.1) is 0 Å². The lowest BCUT2D eigenvalue weighted by molar-refractivity contribution is -0.172. The van der Waals surface area contributed by atoms with Crippen LogP contribution < -0.4 is 14.4 Å². The van der Waals surface area contributed by atoms with Crippen molar-refractivity contribution >= 4 is 29.4 Å². The molecular weight excluding hydrogens is 466 g/mol. The van der Waals surface area contributed by atoms with Crippen molar-refractivity contribution in [2.24, 2.45) is 0 Å².